The highest BCUT2D eigenvalue weighted by molar-refractivity contribution is 7.86. The molecule has 1 aliphatic rings. The summed E-state index contributed by atoms with van der Waals surface area (Å²) in [5, 5.41) is 0. The van der Waals surface area contributed by atoms with E-state index in [-0.39, 0.29) is 6.61 Å². The van der Waals surface area contributed by atoms with Gasteiger partial charge < -0.3 is 0 Å². The molecule has 0 unspecified atom stereocenters. The maximum Gasteiger partial charge on any atom is 0.264 e. The maximum atomic E-state index is 10.9. The van der Waals surface area contributed by atoms with Gasteiger partial charge in [-0.2, -0.15) is 8.42 Å². The van der Waals surface area contributed by atoms with Crippen molar-refractivity contribution in [2.45, 2.75) is 12.8 Å². The fourth-order valence-corrected chi connectivity index (χ4v) is 2.07. The summed E-state index contributed by atoms with van der Waals surface area (Å²) >= 11 is 0. The van der Waals surface area contributed by atoms with Gasteiger partial charge in [0.15, 0.2) is 0 Å². The Balaban J connectivity index is 2.11. The number of rotatable bonds is 4. The summed E-state index contributed by atoms with van der Waals surface area (Å²) in [5.41, 5.74) is 2.68. The molecular formula is C13H15NO3S. The van der Waals surface area contributed by atoms with E-state index in [2.05, 4.69) is 11.1 Å². The van der Waals surface area contributed by atoms with Gasteiger partial charge >= 0.3 is 0 Å². The van der Waals surface area contributed by atoms with Crippen molar-refractivity contribution in [2.75, 3.05) is 12.9 Å². The average Bonchev–Trinajstić information content (AvgIpc) is 2.37. The van der Waals surface area contributed by atoms with E-state index in [4.69, 9.17) is 4.18 Å². The molecule has 1 aromatic rings. The summed E-state index contributed by atoms with van der Waals surface area (Å²) in [7, 11) is -3.41. The van der Waals surface area contributed by atoms with Crippen molar-refractivity contribution < 1.29 is 12.6 Å². The molecule has 1 heterocycles. The first-order valence-electron chi connectivity index (χ1n) is 5.71. The molecule has 18 heavy (non-hydrogen) atoms. The Morgan fingerprint density at radius 1 is 1.28 bits per heavy atom. The van der Waals surface area contributed by atoms with E-state index >= 15 is 0 Å². The highest BCUT2D eigenvalue weighted by Crippen LogP contribution is 2.21. The topological polar surface area (TPSA) is 55.7 Å². The van der Waals surface area contributed by atoms with E-state index in [1.807, 2.05) is 30.3 Å². The lowest BCUT2D eigenvalue weighted by Gasteiger charge is -2.12. The third-order valence-corrected chi connectivity index (χ3v) is 3.10. The normalized spacial score (nSPS) is 16.1. The maximum absolute atomic E-state index is 10.9. The molecule has 5 heteroatoms. The van der Waals surface area contributed by atoms with Gasteiger partial charge in [0.2, 0.25) is 0 Å². The van der Waals surface area contributed by atoms with E-state index in [0.717, 1.165) is 36.1 Å². The van der Waals surface area contributed by atoms with Crippen LogP contribution in [0.15, 0.2) is 41.4 Å². The molecule has 0 spiro atoms. The Morgan fingerprint density at radius 3 is 2.67 bits per heavy atom. The highest BCUT2D eigenvalue weighted by Gasteiger charge is 2.11. The van der Waals surface area contributed by atoms with Gasteiger partial charge in [0.05, 0.1) is 12.0 Å². The van der Waals surface area contributed by atoms with Gasteiger partial charge in [-0.25, -0.2) is 0 Å². The van der Waals surface area contributed by atoms with E-state index in [0.29, 0.717) is 0 Å². The van der Waals surface area contributed by atoms with Crippen LogP contribution in [0.4, 0.5) is 0 Å². The molecule has 0 aliphatic carbocycles. The summed E-state index contributed by atoms with van der Waals surface area (Å²) in [6, 6.07) is 9.82. The van der Waals surface area contributed by atoms with E-state index in [9.17, 15) is 8.42 Å². The average molecular weight is 265 g/mol. The number of allylic oxidation sites excluding steroid dienone is 1. The van der Waals surface area contributed by atoms with Crippen molar-refractivity contribution >= 4 is 21.5 Å². The van der Waals surface area contributed by atoms with E-state index in [1.54, 1.807) is 0 Å². The quantitative estimate of drug-likeness (QED) is 0.784. The second kappa shape index (κ2) is 5.46. The minimum atomic E-state index is -3.41. The van der Waals surface area contributed by atoms with Gasteiger partial charge in [-0.05, 0) is 18.4 Å². The summed E-state index contributed by atoms with van der Waals surface area (Å²) in [4.78, 5) is 4.44. The van der Waals surface area contributed by atoms with Gasteiger partial charge in [0, 0.05) is 5.71 Å². The van der Waals surface area contributed by atoms with Crippen LogP contribution in [0.2, 0.25) is 0 Å². The number of hydrogen-bond donors (Lipinski definition) is 0. The largest absolute Gasteiger partial charge is 0.264 e. The van der Waals surface area contributed by atoms with Gasteiger partial charge in [0.1, 0.15) is 6.61 Å². The Hall–Kier alpha value is -1.46. The van der Waals surface area contributed by atoms with Crippen LogP contribution in [0.25, 0.3) is 5.70 Å². The number of nitrogens with zero attached hydrogens (tertiary/aromatic N) is 1. The standard InChI is InChI=1S/C13H15NO3S/c1-18(15,16)17-10-12-8-5-9-13(14-12)11-6-3-2-4-7-11/h2-4,6-7,9H,5,8,10H2,1H3. The molecule has 0 radical (unpaired) electrons. The fraction of sp³-hybridized carbons (Fsp3) is 0.308. The predicted octanol–water partition coefficient (Wildman–Crippen LogP) is 2.24. The van der Waals surface area contributed by atoms with Crippen LogP contribution in [0.1, 0.15) is 18.4 Å². The molecule has 0 saturated heterocycles. The molecule has 0 amide bonds. The Morgan fingerprint density at radius 2 is 2.00 bits per heavy atom. The molecule has 0 fully saturated rings. The van der Waals surface area contributed by atoms with Crippen LogP contribution in [0.3, 0.4) is 0 Å². The zero-order valence-corrected chi connectivity index (χ0v) is 11.0. The van der Waals surface area contributed by atoms with Crippen molar-refractivity contribution in [1.29, 1.82) is 0 Å². The third kappa shape index (κ3) is 3.78. The predicted molar refractivity (Wildman–Crippen MR) is 71.9 cm³/mol. The Kier molecular flexibility index (Phi) is 3.93. The van der Waals surface area contributed by atoms with Crippen LogP contribution >= 0.6 is 0 Å². The molecule has 0 bridgehead atoms. The third-order valence-electron chi connectivity index (χ3n) is 2.56. The van der Waals surface area contributed by atoms with Gasteiger partial charge in [-0.15, -0.1) is 0 Å². The minimum Gasteiger partial charge on any atom is -0.264 e. The van der Waals surface area contributed by atoms with E-state index < -0.39 is 10.1 Å². The molecule has 2 rings (SSSR count). The van der Waals surface area contributed by atoms with Gasteiger partial charge in [-0.3, -0.25) is 9.18 Å². The number of benzene rings is 1. The van der Waals surface area contributed by atoms with Crippen LogP contribution < -0.4 is 0 Å². The molecule has 0 N–H and O–H groups in total. The lowest BCUT2D eigenvalue weighted by Crippen LogP contribution is -2.14. The first-order chi connectivity index (χ1) is 8.54. The lowest BCUT2D eigenvalue weighted by molar-refractivity contribution is 0.371. The second-order valence-electron chi connectivity index (χ2n) is 4.14. The summed E-state index contributed by atoms with van der Waals surface area (Å²) in [5.74, 6) is 0. The van der Waals surface area contributed by atoms with E-state index in [1.165, 1.54) is 0 Å². The van der Waals surface area contributed by atoms with Crippen molar-refractivity contribution in [3.63, 3.8) is 0 Å². The molecule has 4 nitrogen and oxygen atoms in total. The van der Waals surface area contributed by atoms with Gasteiger partial charge in [-0.1, -0.05) is 36.4 Å². The molecular weight excluding hydrogens is 250 g/mol. The Labute approximate surface area is 107 Å². The Bertz CT molecular complexity index is 574. The lowest BCUT2D eigenvalue weighted by atomic mass is 10.1. The zero-order valence-electron chi connectivity index (χ0n) is 10.2. The molecule has 1 aliphatic heterocycles. The number of hydrogen-bond acceptors (Lipinski definition) is 4. The monoisotopic (exact) mass is 265 g/mol. The molecule has 0 atom stereocenters. The fourth-order valence-electron chi connectivity index (χ4n) is 1.72. The van der Waals surface area contributed by atoms with Crippen molar-refractivity contribution in [3.05, 3.63) is 42.0 Å². The first kappa shape index (κ1) is 13.0. The molecule has 0 aromatic heterocycles. The summed E-state index contributed by atoms with van der Waals surface area (Å²) in [6.45, 7) is 0.0446. The minimum absolute atomic E-state index is 0.0446. The summed E-state index contributed by atoms with van der Waals surface area (Å²) < 4.78 is 26.6. The zero-order chi connectivity index (χ0) is 13.0. The number of aliphatic imine (C=N–C) groups is 1. The highest BCUT2D eigenvalue weighted by atomic mass is 32.2. The van der Waals surface area contributed by atoms with Gasteiger partial charge in [0.25, 0.3) is 10.1 Å². The van der Waals surface area contributed by atoms with Crippen LogP contribution in [-0.4, -0.2) is 27.0 Å². The van der Waals surface area contributed by atoms with Crippen LogP contribution in [0, 0.1) is 0 Å². The van der Waals surface area contributed by atoms with Crippen LogP contribution in [-0.2, 0) is 14.3 Å². The smallest absolute Gasteiger partial charge is 0.264 e. The summed E-state index contributed by atoms with van der Waals surface area (Å²) in [6.07, 6.45) is 4.70. The molecule has 96 valence electrons. The SMILES string of the molecule is CS(=O)(=O)OCC1=NC(c2ccccc2)=CCC1. The van der Waals surface area contributed by atoms with Crippen LogP contribution in [0.5, 0.6) is 0 Å². The van der Waals surface area contributed by atoms with Crippen molar-refractivity contribution in [2.24, 2.45) is 4.99 Å². The van der Waals surface area contributed by atoms with Crippen molar-refractivity contribution in [1.82, 2.24) is 0 Å². The van der Waals surface area contributed by atoms with Crippen molar-refractivity contribution in [3.8, 4) is 0 Å². The second-order valence-corrected chi connectivity index (χ2v) is 5.78. The molecule has 0 saturated carbocycles. The molecule has 1 aromatic carbocycles. The first-order valence-corrected chi connectivity index (χ1v) is 7.53.